The van der Waals surface area contributed by atoms with E-state index in [0.29, 0.717) is 0 Å². The zero-order valence-corrected chi connectivity index (χ0v) is 4.19. The molecule has 0 amide bonds. The summed E-state index contributed by atoms with van der Waals surface area (Å²) in [6.07, 6.45) is 0. The predicted octanol–water partition coefficient (Wildman–Crippen LogP) is -0.0192. The van der Waals surface area contributed by atoms with Gasteiger partial charge in [0.25, 0.3) is 9.12 Å². The molecule has 6 radical (unpaired) electrons. The van der Waals surface area contributed by atoms with E-state index in [1.165, 1.54) is 0 Å². The molecule has 16 valence electrons. The molecule has 0 atom stereocenters. The molecule has 0 aromatic carbocycles. The molecule has 0 heterocycles. The molecule has 0 bridgehead atoms. The molecular weight excluding hydrogens is 83.0 g/mol. The zero-order valence-electron chi connectivity index (χ0n) is 2.14. The van der Waals surface area contributed by atoms with Crippen LogP contribution < -0.4 is 0 Å². The van der Waals surface area contributed by atoms with Crippen molar-refractivity contribution in [3.63, 3.8) is 0 Å². The van der Waals surface area contributed by atoms with Crippen molar-refractivity contribution in [2.24, 2.45) is 0 Å². The maximum atomic E-state index is 7.94. The number of hydrogen-bond acceptors (Lipinski definition) is 1. The van der Waals surface area contributed by atoms with Crippen molar-refractivity contribution in [3.05, 3.63) is 0 Å². The summed E-state index contributed by atoms with van der Waals surface area (Å²) in [5.41, 5.74) is 0. The standard InChI is InChI=1S/Al.Be.OP/c;;1-2. The first-order valence-electron chi connectivity index (χ1n) is 0.183. The van der Waals surface area contributed by atoms with E-state index in [-0.39, 0.29) is 27.5 Å². The van der Waals surface area contributed by atoms with Gasteiger partial charge in [-0.25, -0.2) is 0 Å². The van der Waals surface area contributed by atoms with Crippen molar-refractivity contribution in [1.29, 1.82) is 0 Å². The SMILES string of the molecule is O=[P].[Al].[Be]. The Hall–Kier alpha value is 0.801. The fourth-order valence-electron chi connectivity index (χ4n) is 0. The first kappa shape index (κ1) is 21.4. The zero-order chi connectivity index (χ0) is 2.00. The van der Waals surface area contributed by atoms with Gasteiger partial charge in [0.2, 0.25) is 0 Å². The summed E-state index contributed by atoms with van der Waals surface area (Å²) in [5.74, 6) is 0. The van der Waals surface area contributed by atoms with Crippen LogP contribution in [0.25, 0.3) is 0 Å². The molecular formula is AlBeOP. The Balaban J connectivity index is -0.00000000500. The summed E-state index contributed by atoms with van der Waals surface area (Å²) in [5, 5.41) is 0. The fraction of sp³-hybridized carbons (Fsp3) is 0. The Morgan fingerprint density at radius 2 is 1.25 bits per heavy atom. The van der Waals surface area contributed by atoms with Gasteiger partial charge in [-0.1, -0.05) is 0 Å². The second-order valence-corrected chi connectivity index (χ2v) is 0. The number of hydrogen-bond donors (Lipinski definition) is 0. The molecule has 0 N–H and O–H groups in total. The van der Waals surface area contributed by atoms with E-state index in [9.17, 15) is 0 Å². The minimum absolute atomic E-state index is 0. The van der Waals surface area contributed by atoms with E-state index in [0.717, 1.165) is 0 Å². The summed E-state index contributed by atoms with van der Waals surface area (Å²) in [6, 6.07) is 0. The van der Waals surface area contributed by atoms with Crippen LogP contribution in [0.2, 0.25) is 0 Å². The van der Waals surface area contributed by atoms with Gasteiger partial charge in [-0.3, -0.25) is 4.57 Å². The summed E-state index contributed by atoms with van der Waals surface area (Å²) in [4.78, 5) is 0. The molecule has 0 aliphatic heterocycles. The van der Waals surface area contributed by atoms with Crippen molar-refractivity contribution in [3.8, 4) is 0 Å². The quantitative estimate of drug-likeness (QED) is 0.297. The molecule has 4 heavy (non-hydrogen) atoms. The first-order chi connectivity index (χ1) is 1.00. The molecule has 0 unspecified atom stereocenters. The van der Waals surface area contributed by atoms with Crippen LogP contribution in [0.5, 0.6) is 0 Å². The predicted molar refractivity (Wildman–Crippen MR) is 19.1 cm³/mol. The Bertz CT molecular complexity index is 8.00. The van der Waals surface area contributed by atoms with Crippen molar-refractivity contribution >= 4 is 36.6 Å². The van der Waals surface area contributed by atoms with Gasteiger partial charge >= 0.3 is 0 Å². The summed E-state index contributed by atoms with van der Waals surface area (Å²) >= 11 is 0. The van der Waals surface area contributed by atoms with Crippen molar-refractivity contribution in [1.82, 2.24) is 0 Å². The molecule has 0 aliphatic carbocycles. The minimum Gasteiger partial charge on any atom is -0.261 e. The van der Waals surface area contributed by atoms with Crippen LogP contribution in [0.4, 0.5) is 0 Å². The third kappa shape index (κ3) is 14.2. The Morgan fingerprint density at radius 1 is 1.25 bits per heavy atom. The van der Waals surface area contributed by atoms with Crippen LogP contribution in [0, 0.1) is 0 Å². The average Bonchev–Trinajstić information content (AvgIpc) is 1.00. The van der Waals surface area contributed by atoms with Crippen LogP contribution in [0.15, 0.2) is 0 Å². The Labute approximate surface area is 41.7 Å². The normalized spacial score (nSPS) is 1.00. The van der Waals surface area contributed by atoms with Gasteiger partial charge < -0.3 is 0 Å². The van der Waals surface area contributed by atoms with E-state index in [1.807, 2.05) is 0 Å². The van der Waals surface area contributed by atoms with Crippen molar-refractivity contribution in [2.75, 3.05) is 0 Å². The fourth-order valence-corrected chi connectivity index (χ4v) is 0. The molecule has 0 saturated carbocycles. The van der Waals surface area contributed by atoms with Gasteiger partial charge in [0.05, 0.1) is 0 Å². The average molecular weight is 83.0 g/mol. The monoisotopic (exact) mass is 83.0 g/mol. The second kappa shape index (κ2) is 46.5. The molecule has 0 aromatic heterocycles. The van der Waals surface area contributed by atoms with Gasteiger partial charge in [-0.2, -0.15) is 0 Å². The van der Waals surface area contributed by atoms with E-state index in [2.05, 4.69) is 9.12 Å². The van der Waals surface area contributed by atoms with Gasteiger partial charge in [0.15, 0.2) is 0 Å². The van der Waals surface area contributed by atoms with Gasteiger partial charge in [-0.15, -0.1) is 0 Å². The molecule has 1 nitrogen and oxygen atoms in total. The van der Waals surface area contributed by atoms with Crippen LogP contribution in [0.1, 0.15) is 0 Å². The second-order valence-electron chi connectivity index (χ2n) is 0. The molecule has 0 spiro atoms. The van der Waals surface area contributed by atoms with Crippen LogP contribution in [0.3, 0.4) is 0 Å². The number of rotatable bonds is 0. The Morgan fingerprint density at radius 3 is 1.25 bits per heavy atom. The van der Waals surface area contributed by atoms with E-state index in [4.69, 9.17) is 4.57 Å². The Kier molecular flexibility index (Phi) is 248. The molecule has 0 fully saturated rings. The van der Waals surface area contributed by atoms with Gasteiger partial charge in [-0.05, 0) is 0 Å². The maximum absolute atomic E-state index is 7.94. The molecule has 0 rings (SSSR count). The van der Waals surface area contributed by atoms with E-state index in [1.54, 1.807) is 0 Å². The molecule has 0 saturated heterocycles. The summed E-state index contributed by atoms with van der Waals surface area (Å²) in [7, 11) is 2.28. The van der Waals surface area contributed by atoms with Crippen molar-refractivity contribution < 1.29 is 4.57 Å². The van der Waals surface area contributed by atoms with Crippen LogP contribution in [-0.4, -0.2) is 27.5 Å². The molecule has 0 aliphatic rings. The van der Waals surface area contributed by atoms with E-state index < -0.39 is 0 Å². The topological polar surface area (TPSA) is 17.1 Å². The first-order valence-corrected chi connectivity index (χ1v) is 0.548. The van der Waals surface area contributed by atoms with E-state index >= 15 is 0 Å². The largest absolute Gasteiger partial charge is 0.261 e. The third-order valence-electron chi connectivity index (χ3n) is 0. The maximum Gasteiger partial charge on any atom is 0.261 e. The van der Waals surface area contributed by atoms with Crippen LogP contribution >= 0.6 is 9.12 Å². The minimum atomic E-state index is 0. The van der Waals surface area contributed by atoms with Gasteiger partial charge in [0.1, 0.15) is 0 Å². The van der Waals surface area contributed by atoms with Crippen molar-refractivity contribution in [2.45, 2.75) is 0 Å². The van der Waals surface area contributed by atoms with Gasteiger partial charge in [0, 0.05) is 27.5 Å². The smallest absolute Gasteiger partial charge is 0.261 e. The third-order valence-corrected chi connectivity index (χ3v) is 0. The summed E-state index contributed by atoms with van der Waals surface area (Å²) < 4.78 is 7.94. The molecule has 0 aromatic rings. The van der Waals surface area contributed by atoms with Crippen LogP contribution in [-0.2, 0) is 4.57 Å². The molecule has 4 heteroatoms. The summed E-state index contributed by atoms with van der Waals surface area (Å²) in [6.45, 7) is 0.